The maximum Gasteiger partial charge on any atom is 0.119 e. The van der Waals surface area contributed by atoms with Crippen molar-refractivity contribution in [3.8, 4) is 5.75 Å². The molecule has 0 saturated carbocycles. The number of likely N-dealkylation sites (tertiary alicyclic amines) is 1. The largest absolute Gasteiger partial charge is 0.494 e. The van der Waals surface area contributed by atoms with Gasteiger partial charge in [0.2, 0.25) is 0 Å². The molecule has 0 aromatic heterocycles. The summed E-state index contributed by atoms with van der Waals surface area (Å²) >= 11 is 0. The van der Waals surface area contributed by atoms with Gasteiger partial charge in [-0.05, 0) is 31.4 Å². The van der Waals surface area contributed by atoms with Gasteiger partial charge in [-0.15, -0.1) is 0 Å². The maximum absolute atomic E-state index is 7.83. The molecule has 0 radical (unpaired) electrons. The van der Waals surface area contributed by atoms with Gasteiger partial charge in [0, 0.05) is 19.5 Å². The van der Waals surface area contributed by atoms with E-state index in [1.807, 2.05) is 30.3 Å². The zero-order valence-corrected chi connectivity index (χ0v) is 10.2. The summed E-state index contributed by atoms with van der Waals surface area (Å²) in [5, 5.41) is 7.83. The molecule has 3 nitrogen and oxygen atoms in total. The highest BCUT2D eigenvalue weighted by Crippen LogP contribution is 2.12. The topological polar surface area (TPSA) is 36.3 Å². The Morgan fingerprint density at radius 1 is 1.18 bits per heavy atom. The van der Waals surface area contributed by atoms with Crippen LogP contribution in [0.4, 0.5) is 0 Å². The fraction of sp³-hybridized carbons (Fsp3) is 0.500. The second-order valence-electron chi connectivity index (χ2n) is 4.41. The van der Waals surface area contributed by atoms with Gasteiger partial charge in [0.25, 0.3) is 0 Å². The van der Waals surface area contributed by atoms with E-state index in [4.69, 9.17) is 10.1 Å². The molecule has 1 fully saturated rings. The van der Waals surface area contributed by atoms with Crippen molar-refractivity contribution in [3.63, 3.8) is 0 Å². The van der Waals surface area contributed by atoms with Crippen LogP contribution in [0.25, 0.3) is 0 Å². The van der Waals surface area contributed by atoms with Crippen LogP contribution < -0.4 is 4.74 Å². The van der Waals surface area contributed by atoms with Crippen molar-refractivity contribution in [2.24, 2.45) is 0 Å². The molecule has 1 aliphatic rings. The fourth-order valence-electron chi connectivity index (χ4n) is 2.10. The number of hydrogen-bond acceptors (Lipinski definition) is 2. The predicted octanol–water partition coefficient (Wildman–Crippen LogP) is 2.92. The molecule has 0 amide bonds. The molecule has 0 bridgehead atoms. The molecule has 1 heterocycles. The molecule has 1 aromatic carbocycles. The van der Waals surface area contributed by atoms with E-state index in [1.54, 1.807) is 0 Å². The third-order valence-electron chi connectivity index (χ3n) is 3.06. The standard InChI is InChI=1S/C14H20N2O/c15-14-9-4-5-10-16(14)11-6-12-17-13-7-2-1-3-8-13/h1-3,7-8,15H,4-6,9-12H2. The molecule has 92 valence electrons. The molecule has 0 aliphatic carbocycles. The molecule has 1 saturated heterocycles. The Balaban J connectivity index is 1.64. The molecule has 3 heteroatoms. The molecule has 0 unspecified atom stereocenters. The van der Waals surface area contributed by atoms with Gasteiger partial charge in [-0.25, -0.2) is 0 Å². The van der Waals surface area contributed by atoms with Crippen LogP contribution in [0, 0.1) is 5.41 Å². The second-order valence-corrected chi connectivity index (χ2v) is 4.41. The molecular formula is C14H20N2O. The van der Waals surface area contributed by atoms with E-state index in [1.165, 1.54) is 12.8 Å². The van der Waals surface area contributed by atoms with E-state index in [-0.39, 0.29) is 0 Å². The molecule has 0 spiro atoms. The lowest BCUT2D eigenvalue weighted by Crippen LogP contribution is -2.36. The zero-order chi connectivity index (χ0) is 11.9. The van der Waals surface area contributed by atoms with Crippen molar-refractivity contribution in [2.75, 3.05) is 19.7 Å². The number of ether oxygens (including phenoxy) is 1. The van der Waals surface area contributed by atoms with E-state index in [2.05, 4.69) is 4.90 Å². The van der Waals surface area contributed by atoms with Crippen molar-refractivity contribution >= 4 is 5.84 Å². The quantitative estimate of drug-likeness (QED) is 0.792. The van der Waals surface area contributed by atoms with Gasteiger partial charge in [0.15, 0.2) is 0 Å². The minimum atomic E-state index is 0.730. The van der Waals surface area contributed by atoms with Crippen molar-refractivity contribution < 1.29 is 4.74 Å². The Labute approximate surface area is 103 Å². The highest BCUT2D eigenvalue weighted by molar-refractivity contribution is 5.79. The number of para-hydroxylation sites is 1. The zero-order valence-electron chi connectivity index (χ0n) is 10.2. The number of rotatable bonds is 5. The lowest BCUT2D eigenvalue weighted by Gasteiger charge is -2.29. The summed E-state index contributed by atoms with van der Waals surface area (Å²) in [4.78, 5) is 2.18. The Bertz CT molecular complexity index is 350. The summed E-state index contributed by atoms with van der Waals surface area (Å²) in [7, 11) is 0. The lowest BCUT2D eigenvalue weighted by atomic mass is 10.1. The van der Waals surface area contributed by atoms with Gasteiger partial charge in [-0.3, -0.25) is 5.41 Å². The van der Waals surface area contributed by atoms with E-state index in [0.717, 1.165) is 44.1 Å². The monoisotopic (exact) mass is 232 g/mol. The number of benzene rings is 1. The fourth-order valence-corrected chi connectivity index (χ4v) is 2.10. The van der Waals surface area contributed by atoms with Crippen LogP contribution in [0.1, 0.15) is 25.7 Å². The minimum Gasteiger partial charge on any atom is -0.494 e. The van der Waals surface area contributed by atoms with Gasteiger partial charge in [0.05, 0.1) is 12.4 Å². The predicted molar refractivity (Wildman–Crippen MR) is 69.7 cm³/mol. The summed E-state index contributed by atoms with van der Waals surface area (Å²) in [5.74, 6) is 1.73. The SMILES string of the molecule is N=C1CCCCN1CCCOc1ccccc1. The summed E-state index contributed by atoms with van der Waals surface area (Å²) < 4.78 is 5.64. The summed E-state index contributed by atoms with van der Waals surface area (Å²) in [6.07, 6.45) is 4.33. The average Bonchev–Trinajstić information content (AvgIpc) is 2.38. The van der Waals surface area contributed by atoms with Crippen LogP contribution in [0.15, 0.2) is 30.3 Å². The highest BCUT2D eigenvalue weighted by Gasteiger charge is 2.13. The summed E-state index contributed by atoms with van der Waals surface area (Å²) in [6.45, 7) is 2.73. The van der Waals surface area contributed by atoms with Gasteiger partial charge in [-0.2, -0.15) is 0 Å². The first-order valence-corrected chi connectivity index (χ1v) is 6.36. The second kappa shape index (κ2) is 6.28. The molecule has 1 aliphatic heterocycles. The molecule has 17 heavy (non-hydrogen) atoms. The molecule has 2 rings (SSSR count). The molecule has 1 N–H and O–H groups in total. The van der Waals surface area contributed by atoms with Gasteiger partial charge in [-0.1, -0.05) is 18.2 Å². The number of nitrogens with zero attached hydrogens (tertiary/aromatic N) is 1. The Kier molecular flexibility index (Phi) is 4.42. The van der Waals surface area contributed by atoms with E-state index >= 15 is 0 Å². The molecule has 0 atom stereocenters. The number of piperidine rings is 1. The summed E-state index contributed by atoms with van der Waals surface area (Å²) in [6, 6.07) is 9.90. The van der Waals surface area contributed by atoms with Crippen LogP contribution in [0.3, 0.4) is 0 Å². The van der Waals surface area contributed by atoms with Crippen LogP contribution in [0.5, 0.6) is 5.75 Å². The molecular weight excluding hydrogens is 212 g/mol. The minimum absolute atomic E-state index is 0.730. The van der Waals surface area contributed by atoms with E-state index in [9.17, 15) is 0 Å². The van der Waals surface area contributed by atoms with Crippen molar-refractivity contribution in [1.29, 1.82) is 5.41 Å². The van der Waals surface area contributed by atoms with Crippen molar-refractivity contribution in [3.05, 3.63) is 30.3 Å². The lowest BCUT2D eigenvalue weighted by molar-refractivity contribution is 0.277. The smallest absolute Gasteiger partial charge is 0.119 e. The van der Waals surface area contributed by atoms with Crippen LogP contribution in [-0.4, -0.2) is 30.4 Å². The average molecular weight is 232 g/mol. The first-order chi connectivity index (χ1) is 8.36. The highest BCUT2D eigenvalue weighted by atomic mass is 16.5. The first-order valence-electron chi connectivity index (χ1n) is 6.36. The maximum atomic E-state index is 7.83. The third-order valence-corrected chi connectivity index (χ3v) is 3.06. The summed E-state index contributed by atoms with van der Waals surface area (Å²) in [5.41, 5.74) is 0. The van der Waals surface area contributed by atoms with Crippen molar-refractivity contribution in [2.45, 2.75) is 25.7 Å². The first kappa shape index (κ1) is 12.0. The molecule has 1 aromatic rings. The third kappa shape index (κ3) is 3.77. The van der Waals surface area contributed by atoms with E-state index < -0.39 is 0 Å². The number of hydrogen-bond donors (Lipinski definition) is 1. The Morgan fingerprint density at radius 2 is 2.00 bits per heavy atom. The van der Waals surface area contributed by atoms with Crippen LogP contribution >= 0.6 is 0 Å². The Hall–Kier alpha value is -1.51. The van der Waals surface area contributed by atoms with Crippen molar-refractivity contribution in [1.82, 2.24) is 4.90 Å². The van der Waals surface area contributed by atoms with Crippen LogP contribution in [0.2, 0.25) is 0 Å². The van der Waals surface area contributed by atoms with Gasteiger partial charge in [0.1, 0.15) is 5.75 Å². The Morgan fingerprint density at radius 3 is 2.76 bits per heavy atom. The van der Waals surface area contributed by atoms with Gasteiger partial charge < -0.3 is 9.64 Å². The van der Waals surface area contributed by atoms with E-state index in [0.29, 0.717) is 0 Å². The van der Waals surface area contributed by atoms with Crippen LogP contribution in [-0.2, 0) is 0 Å². The number of nitrogens with one attached hydrogen (secondary N) is 1. The normalized spacial score (nSPS) is 16.0. The van der Waals surface area contributed by atoms with Gasteiger partial charge >= 0.3 is 0 Å². The number of amidine groups is 1.